The Kier molecular flexibility index (Phi) is 21.7. The number of aliphatic carboxylic acids is 1. The third-order valence-electron chi connectivity index (χ3n) is 17.4. The largest absolute Gasteiger partial charge is 0.483 e. The second-order valence-corrected chi connectivity index (χ2v) is 23.0. The van der Waals surface area contributed by atoms with Gasteiger partial charge >= 0.3 is 11.9 Å². The molecule has 4 heterocycles. The Morgan fingerprint density at radius 1 is 0.723 bits per heavy atom. The first kappa shape index (κ1) is 62.0. The third kappa shape index (κ3) is 15.1. The van der Waals surface area contributed by atoms with E-state index in [9.17, 15) is 29.7 Å². The molecular weight excluding hydrogens is 1080 g/mol. The Morgan fingerprint density at radius 2 is 1.31 bits per heavy atom. The molecular formula is C59H84N8O16. The van der Waals surface area contributed by atoms with E-state index in [4.69, 9.17) is 47.7 Å². The fourth-order valence-corrected chi connectivity index (χ4v) is 12.1. The molecule has 5 aliphatic rings. The molecule has 83 heavy (non-hydrogen) atoms. The van der Waals surface area contributed by atoms with Crippen molar-refractivity contribution in [3.8, 4) is 11.5 Å². The Labute approximate surface area is 484 Å². The van der Waals surface area contributed by atoms with Crippen LogP contribution in [0.4, 0.5) is 0 Å². The molecule has 2 bridgehead atoms. The zero-order chi connectivity index (χ0) is 58.3. The number of carbonyl (C=O) groups is 3. The first-order valence-electron chi connectivity index (χ1n) is 29.5. The Morgan fingerprint density at radius 3 is 1.89 bits per heavy atom. The minimum atomic E-state index is -1.07. The predicted molar refractivity (Wildman–Crippen MR) is 296 cm³/mol. The second-order valence-electron chi connectivity index (χ2n) is 23.0. The van der Waals surface area contributed by atoms with Crippen molar-refractivity contribution in [2.45, 2.75) is 134 Å². The van der Waals surface area contributed by atoms with Crippen LogP contribution in [0.5, 0.6) is 11.5 Å². The highest BCUT2D eigenvalue weighted by atomic mass is 16.6. The summed E-state index contributed by atoms with van der Waals surface area (Å²) in [6, 6.07) is 12.5. The van der Waals surface area contributed by atoms with Crippen LogP contribution in [0, 0.1) is 16.7 Å². The van der Waals surface area contributed by atoms with Crippen molar-refractivity contribution in [1.82, 2.24) is 40.2 Å². The van der Waals surface area contributed by atoms with Gasteiger partial charge in [0.25, 0.3) is 5.91 Å². The molecule has 2 aromatic carbocycles. The Bertz CT molecular complexity index is 2720. The Hall–Kier alpha value is -5.51. The molecule has 24 heteroatoms. The minimum Gasteiger partial charge on any atom is -0.483 e. The topological polar surface area (TPSA) is 292 Å². The number of hydrogen-bond donors (Lipinski definition) is 5. The summed E-state index contributed by atoms with van der Waals surface area (Å²) in [6.45, 7) is 9.66. The monoisotopic (exact) mass is 1160 g/mol. The molecule has 4 aromatic rings. The number of hydrogen-bond acceptors (Lipinski definition) is 20. The number of piperidine rings is 1. The first-order valence-corrected chi connectivity index (χ1v) is 29.5. The summed E-state index contributed by atoms with van der Waals surface area (Å²) < 4.78 is 56.7. The lowest BCUT2D eigenvalue weighted by Gasteiger charge is -2.64. The summed E-state index contributed by atoms with van der Waals surface area (Å²) in [5, 5.41) is 62.6. The quantitative estimate of drug-likeness (QED) is 0.0243. The van der Waals surface area contributed by atoms with Gasteiger partial charge in [0.15, 0.2) is 11.5 Å². The highest BCUT2D eigenvalue weighted by Gasteiger charge is 2.73. The molecule has 1 spiro atoms. The predicted octanol–water partition coefficient (Wildman–Crippen LogP) is 3.30. The summed E-state index contributed by atoms with van der Waals surface area (Å²) in [4.78, 5) is 40.0. The van der Waals surface area contributed by atoms with E-state index in [0.717, 1.165) is 24.2 Å². The normalized spacial score (nSPS) is 23.0. The number of aliphatic hydroxyl groups excluding tert-OH is 2. The van der Waals surface area contributed by atoms with Crippen LogP contribution in [-0.4, -0.2) is 203 Å². The number of likely N-dealkylation sites (tertiary alicyclic amines) is 1. The van der Waals surface area contributed by atoms with Crippen molar-refractivity contribution < 1.29 is 77.4 Å². The lowest BCUT2D eigenvalue weighted by atomic mass is 9.48. The van der Waals surface area contributed by atoms with Crippen LogP contribution in [0.25, 0.3) is 0 Å². The van der Waals surface area contributed by atoms with Gasteiger partial charge in [-0.3, -0.25) is 19.3 Å². The van der Waals surface area contributed by atoms with Gasteiger partial charge in [-0.05, 0) is 87.6 Å². The number of carboxylic acids is 1. The number of nitrogens with zero attached hydrogens (tertiary/aromatic N) is 7. The number of carboxylic acid groups (broad SMARTS) is 1. The molecule has 4 unspecified atom stereocenters. The molecule has 1 amide bonds. The molecule has 24 nitrogen and oxygen atoms in total. The van der Waals surface area contributed by atoms with Crippen LogP contribution in [0.15, 0.2) is 54.9 Å². The second kappa shape index (κ2) is 29.1. The van der Waals surface area contributed by atoms with Crippen LogP contribution in [-0.2, 0) is 80.9 Å². The van der Waals surface area contributed by atoms with Crippen LogP contribution in [0.2, 0.25) is 0 Å². The number of amides is 1. The van der Waals surface area contributed by atoms with E-state index >= 15 is 0 Å². The zero-order valence-electron chi connectivity index (χ0n) is 48.0. The average Bonchev–Trinajstić information content (AvgIpc) is 1.62. The van der Waals surface area contributed by atoms with E-state index in [0.29, 0.717) is 119 Å². The molecule has 9 rings (SSSR count). The Balaban J connectivity index is 0.656. The molecule has 5 N–H and O–H groups in total. The highest BCUT2D eigenvalue weighted by molar-refractivity contribution is 5.94. The van der Waals surface area contributed by atoms with Crippen molar-refractivity contribution in [2.24, 2.45) is 16.7 Å². The van der Waals surface area contributed by atoms with Crippen LogP contribution in [0.1, 0.15) is 105 Å². The van der Waals surface area contributed by atoms with E-state index < -0.39 is 39.9 Å². The van der Waals surface area contributed by atoms with Crippen LogP contribution >= 0.6 is 0 Å². The van der Waals surface area contributed by atoms with Gasteiger partial charge in [0.2, 0.25) is 0 Å². The van der Waals surface area contributed by atoms with Gasteiger partial charge in [0.05, 0.1) is 161 Å². The molecule has 7 atom stereocenters. The fraction of sp³-hybridized carbons (Fsp3) is 0.678. The first-order chi connectivity index (χ1) is 40.4. The van der Waals surface area contributed by atoms with Crippen LogP contribution < -0.4 is 14.8 Å². The van der Waals surface area contributed by atoms with Gasteiger partial charge in [0, 0.05) is 34.5 Å². The molecule has 2 saturated carbocycles. The number of ether oxygens (including phenoxy) is 9. The minimum absolute atomic E-state index is 0.00408. The van der Waals surface area contributed by atoms with Gasteiger partial charge < -0.3 is 68.4 Å². The maximum atomic E-state index is 13.6. The van der Waals surface area contributed by atoms with E-state index in [1.165, 1.54) is 12.8 Å². The van der Waals surface area contributed by atoms with E-state index in [1.54, 1.807) is 33.9 Å². The summed E-state index contributed by atoms with van der Waals surface area (Å²) in [5.74, 6) is -0.0837. The lowest BCUT2D eigenvalue weighted by molar-refractivity contribution is -0.191. The molecule has 3 fully saturated rings. The lowest BCUT2D eigenvalue weighted by Crippen LogP contribution is -2.78. The van der Waals surface area contributed by atoms with Crippen molar-refractivity contribution in [3.63, 3.8) is 0 Å². The van der Waals surface area contributed by atoms with Gasteiger partial charge in [0.1, 0.15) is 17.5 Å². The number of rotatable bonds is 39. The summed E-state index contributed by atoms with van der Waals surface area (Å²) >= 11 is 0. The van der Waals surface area contributed by atoms with Crippen molar-refractivity contribution >= 4 is 17.8 Å². The number of esters is 1. The molecule has 456 valence electrons. The average molecular weight is 1160 g/mol. The van der Waals surface area contributed by atoms with Gasteiger partial charge in [-0.15, -0.1) is 10.2 Å². The number of nitrogens with one attached hydrogen (secondary N) is 1. The molecule has 2 aliphatic heterocycles. The third-order valence-corrected chi connectivity index (χ3v) is 17.4. The number of aromatic nitrogens is 6. The fourth-order valence-electron chi connectivity index (χ4n) is 12.1. The van der Waals surface area contributed by atoms with Gasteiger partial charge in [-0.25, -0.2) is 9.36 Å². The number of aliphatic hydroxyl groups is 3. The molecule has 1 saturated heterocycles. The standard InChI is InChI=1S/C59H84N8O16/c1-3-56(36-68,38-79-34-45-32-66(63-61-45)20-24-77-28-26-75-22-15-50(70)71)40-81-41-57(4-2,37-69)39-80-35-46-33-67(64-62-46)21-25-78-29-27-76-23-16-51(72)82-48-13-12-44-30-49-59(74)17-14-47(60-55(73)43-8-6-5-7-9-43)54-58(59,52(44)53(48)83-54)18-19-65(49)31-42-10-11-42/h5-9,12-13,32-33,42,47,49,54,68-69,74H,3-4,10-11,14-31,34-41H2,1-2H3,(H,60,73)(H,70,71)/t47-,49?,54+,56?,57?,58?,59-/m1/s1. The van der Waals surface area contributed by atoms with Crippen molar-refractivity contribution in [2.75, 3.05) is 106 Å². The summed E-state index contributed by atoms with van der Waals surface area (Å²) in [7, 11) is 0. The van der Waals surface area contributed by atoms with E-state index in [-0.39, 0.29) is 104 Å². The number of carbonyl (C=O) groups excluding carboxylic acids is 2. The maximum Gasteiger partial charge on any atom is 0.313 e. The van der Waals surface area contributed by atoms with Crippen molar-refractivity contribution in [1.29, 1.82) is 0 Å². The summed E-state index contributed by atoms with van der Waals surface area (Å²) in [6.07, 6.45) is 9.01. The van der Waals surface area contributed by atoms with E-state index in [2.05, 4.69) is 30.8 Å². The maximum absolute atomic E-state index is 13.6. The van der Waals surface area contributed by atoms with Gasteiger partial charge in [-0.2, -0.15) is 0 Å². The number of benzene rings is 2. The SMILES string of the molecule is CCC(CO)(COCc1cn(CCOCCOCCC(=O)O)nn1)COCC(CC)(CO)COCc1cn(CCOCCOCCC(=O)Oc2ccc3c4c2O[C@H]2[C@H](NC(=O)c5ccccc5)CC[C@@]5(O)C(C3)N(CC3CC3)CCC425)nn1. The molecule has 0 radical (unpaired) electrons. The summed E-state index contributed by atoms with van der Waals surface area (Å²) in [5.41, 5.74) is 0.610. The molecule has 3 aliphatic carbocycles. The zero-order valence-corrected chi connectivity index (χ0v) is 48.0. The van der Waals surface area contributed by atoms with Gasteiger partial charge in [-0.1, -0.05) is 48.5 Å². The van der Waals surface area contributed by atoms with E-state index in [1.807, 2.05) is 44.2 Å². The highest BCUT2D eigenvalue weighted by Crippen LogP contribution is 2.65. The smallest absolute Gasteiger partial charge is 0.313 e. The van der Waals surface area contributed by atoms with Crippen LogP contribution in [0.3, 0.4) is 0 Å². The van der Waals surface area contributed by atoms with Crippen molar-refractivity contribution in [3.05, 3.63) is 82.9 Å². The molecule has 2 aromatic heterocycles.